The van der Waals surface area contributed by atoms with E-state index in [0.29, 0.717) is 35.3 Å². The molecule has 0 saturated heterocycles. The molecule has 3 aromatic rings. The van der Waals surface area contributed by atoms with Crippen LogP contribution in [0.5, 0.6) is 0 Å². The lowest BCUT2D eigenvalue weighted by Gasteiger charge is -2.34. The number of hydrogen-bond acceptors (Lipinski definition) is 6. The highest BCUT2D eigenvalue weighted by Crippen LogP contribution is 2.30. The first-order valence-electron chi connectivity index (χ1n) is 13.6. The number of aromatic nitrogens is 1. The molecule has 2 amide bonds. The Hall–Kier alpha value is -3.66. The van der Waals surface area contributed by atoms with Crippen molar-refractivity contribution in [3.63, 3.8) is 0 Å². The summed E-state index contributed by atoms with van der Waals surface area (Å²) in [5.74, 6) is 0.357. The van der Waals surface area contributed by atoms with Crippen molar-refractivity contribution in [2.24, 2.45) is 5.92 Å². The molecular formula is C30H40N4O5S. The number of nitrogens with zero attached hydrogens (tertiary/aromatic N) is 2. The van der Waals surface area contributed by atoms with Gasteiger partial charge in [-0.1, -0.05) is 68.4 Å². The third kappa shape index (κ3) is 7.29. The Balaban J connectivity index is 1.92. The third-order valence-corrected chi connectivity index (χ3v) is 8.03. The molecule has 1 heterocycles. The number of rotatable bonds is 12. The topological polar surface area (TPSA) is 122 Å². The summed E-state index contributed by atoms with van der Waals surface area (Å²) in [5.41, 5.74) is 2.68. The van der Waals surface area contributed by atoms with Gasteiger partial charge in [0.1, 0.15) is 11.8 Å². The van der Waals surface area contributed by atoms with E-state index in [1.54, 1.807) is 43.0 Å². The van der Waals surface area contributed by atoms with Gasteiger partial charge >= 0.3 is 0 Å². The minimum absolute atomic E-state index is 0.0424. The highest BCUT2D eigenvalue weighted by molar-refractivity contribution is 7.92. The number of benzene rings is 2. The van der Waals surface area contributed by atoms with Crippen LogP contribution < -0.4 is 10.0 Å². The fourth-order valence-electron chi connectivity index (χ4n) is 4.49. The van der Waals surface area contributed by atoms with Crippen LogP contribution in [0.3, 0.4) is 0 Å². The molecule has 0 aliphatic heterocycles. The second-order valence-electron chi connectivity index (χ2n) is 10.6. The van der Waals surface area contributed by atoms with E-state index in [-0.39, 0.29) is 41.0 Å². The molecule has 1 aromatic heterocycles. The maximum atomic E-state index is 13.3. The summed E-state index contributed by atoms with van der Waals surface area (Å²) in [6.45, 7) is 13.3. The van der Waals surface area contributed by atoms with Crippen LogP contribution in [0.15, 0.2) is 57.9 Å². The molecule has 9 nitrogen and oxygen atoms in total. The lowest BCUT2D eigenvalue weighted by Crippen LogP contribution is -2.53. The average Bonchev–Trinajstić information content (AvgIpc) is 3.20. The first-order chi connectivity index (χ1) is 18.9. The van der Waals surface area contributed by atoms with Crippen molar-refractivity contribution in [2.45, 2.75) is 84.8 Å². The van der Waals surface area contributed by atoms with E-state index in [2.05, 4.69) is 15.2 Å². The number of carbonyl (C=O) groups excluding carboxylic acids is 2. The van der Waals surface area contributed by atoms with Gasteiger partial charge in [0.05, 0.1) is 4.90 Å². The fraction of sp³-hybridized carbons (Fsp3) is 0.433. The maximum Gasteiger partial charge on any atom is 0.263 e. The monoisotopic (exact) mass is 568 g/mol. The van der Waals surface area contributed by atoms with Crippen LogP contribution in [0.25, 0.3) is 11.1 Å². The zero-order chi connectivity index (χ0) is 29.6. The Labute approximate surface area is 237 Å². The summed E-state index contributed by atoms with van der Waals surface area (Å²) < 4.78 is 34.3. The Kier molecular flexibility index (Phi) is 10.1. The Bertz CT molecular complexity index is 1430. The molecule has 0 aliphatic carbocycles. The molecule has 0 radical (unpaired) electrons. The van der Waals surface area contributed by atoms with Crippen molar-refractivity contribution in [1.29, 1.82) is 0 Å². The number of sulfonamides is 1. The standard InChI is InChI=1S/C30H40N4O5S/c1-8-11-27(35)34(28(19(2)3)30(36)31-20(4)5)18-23-14-16-24(17-15-23)25-12-9-10-13-26(25)40(37,38)33-29-21(6)22(7)39-32-29/h9-10,12-17,19-20,28H,8,11,18H2,1-7H3,(H,31,36)(H,32,33). The van der Waals surface area contributed by atoms with E-state index in [1.807, 2.05) is 58.9 Å². The van der Waals surface area contributed by atoms with Crippen LogP contribution in [0.4, 0.5) is 5.82 Å². The first-order valence-corrected chi connectivity index (χ1v) is 15.1. The van der Waals surface area contributed by atoms with Gasteiger partial charge in [-0.25, -0.2) is 8.42 Å². The molecule has 0 aliphatic rings. The van der Waals surface area contributed by atoms with Gasteiger partial charge < -0.3 is 14.7 Å². The zero-order valence-corrected chi connectivity index (χ0v) is 25.1. The molecule has 3 rings (SSSR count). The highest BCUT2D eigenvalue weighted by atomic mass is 32.2. The van der Waals surface area contributed by atoms with Crippen LogP contribution in [-0.2, 0) is 26.2 Å². The lowest BCUT2D eigenvalue weighted by molar-refractivity contribution is -0.143. The average molecular weight is 569 g/mol. The predicted molar refractivity (Wildman–Crippen MR) is 156 cm³/mol. The van der Waals surface area contributed by atoms with Gasteiger partial charge in [0.15, 0.2) is 5.82 Å². The quantitative estimate of drug-likeness (QED) is 0.300. The summed E-state index contributed by atoms with van der Waals surface area (Å²) in [4.78, 5) is 28.0. The third-order valence-electron chi connectivity index (χ3n) is 6.63. The summed E-state index contributed by atoms with van der Waals surface area (Å²) in [6, 6.07) is 13.5. The van der Waals surface area contributed by atoms with E-state index in [1.165, 1.54) is 0 Å². The van der Waals surface area contributed by atoms with Crippen LogP contribution >= 0.6 is 0 Å². The summed E-state index contributed by atoms with van der Waals surface area (Å²) in [6.07, 6.45) is 1.02. The molecule has 40 heavy (non-hydrogen) atoms. The fourth-order valence-corrected chi connectivity index (χ4v) is 5.78. The lowest BCUT2D eigenvalue weighted by atomic mass is 9.98. The molecule has 1 atom stereocenters. The van der Waals surface area contributed by atoms with Crippen molar-refractivity contribution >= 4 is 27.7 Å². The van der Waals surface area contributed by atoms with Crippen molar-refractivity contribution in [1.82, 2.24) is 15.4 Å². The molecule has 216 valence electrons. The van der Waals surface area contributed by atoms with E-state index < -0.39 is 16.1 Å². The van der Waals surface area contributed by atoms with Crippen LogP contribution in [0, 0.1) is 19.8 Å². The molecule has 10 heteroatoms. The molecule has 0 fully saturated rings. The molecule has 0 bridgehead atoms. The van der Waals surface area contributed by atoms with Crippen LogP contribution in [0.1, 0.15) is 64.3 Å². The van der Waals surface area contributed by atoms with Gasteiger partial charge in [-0.3, -0.25) is 14.3 Å². The van der Waals surface area contributed by atoms with Crippen LogP contribution in [0.2, 0.25) is 0 Å². The maximum absolute atomic E-state index is 13.3. The normalized spacial score (nSPS) is 12.4. The van der Waals surface area contributed by atoms with Gasteiger partial charge in [0.25, 0.3) is 10.0 Å². The zero-order valence-electron chi connectivity index (χ0n) is 24.3. The summed E-state index contributed by atoms with van der Waals surface area (Å²) in [7, 11) is -3.96. The number of carbonyl (C=O) groups is 2. The first kappa shape index (κ1) is 30.9. The highest BCUT2D eigenvalue weighted by Gasteiger charge is 2.32. The summed E-state index contributed by atoms with van der Waals surface area (Å²) >= 11 is 0. The minimum Gasteiger partial charge on any atom is -0.359 e. The Morgan fingerprint density at radius 1 is 1.00 bits per heavy atom. The van der Waals surface area contributed by atoms with Crippen molar-refractivity contribution in [3.8, 4) is 11.1 Å². The molecule has 2 aromatic carbocycles. The Morgan fingerprint density at radius 2 is 1.65 bits per heavy atom. The van der Waals surface area contributed by atoms with E-state index >= 15 is 0 Å². The molecule has 0 spiro atoms. The van der Waals surface area contributed by atoms with Crippen molar-refractivity contribution < 1.29 is 22.5 Å². The predicted octanol–water partition coefficient (Wildman–Crippen LogP) is 5.44. The number of hydrogen-bond donors (Lipinski definition) is 2. The molecule has 0 saturated carbocycles. The number of nitrogens with one attached hydrogen (secondary N) is 2. The molecule has 1 unspecified atom stereocenters. The molecular weight excluding hydrogens is 528 g/mol. The van der Waals surface area contributed by atoms with Gasteiger partial charge in [0, 0.05) is 30.1 Å². The van der Waals surface area contributed by atoms with Gasteiger partial charge in [-0.2, -0.15) is 0 Å². The van der Waals surface area contributed by atoms with Crippen molar-refractivity contribution in [3.05, 3.63) is 65.4 Å². The van der Waals surface area contributed by atoms with Crippen molar-refractivity contribution in [2.75, 3.05) is 4.72 Å². The number of anilines is 1. The Morgan fingerprint density at radius 3 is 2.20 bits per heavy atom. The van der Waals surface area contributed by atoms with Gasteiger partial charge in [-0.15, -0.1) is 0 Å². The number of amides is 2. The molecule has 2 N–H and O–H groups in total. The van der Waals surface area contributed by atoms with Crippen LogP contribution in [-0.4, -0.2) is 42.4 Å². The SMILES string of the molecule is CCCC(=O)N(Cc1ccc(-c2ccccc2S(=O)(=O)Nc2noc(C)c2C)cc1)C(C(=O)NC(C)C)C(C)C. The number of aryl methyl sites for hydroxylation is 1. The van der Waals surface area contributed by atoms with E-state index in [0.717, 1.165) is 5.56 Å². The van der Waals surface area contributed by atoms with Gasteiger partial charge in [0.2, 0.25) is 11.8 Å². The summed E-state index contributed by atoms with van der Waals surface area (Å²) in [5, 5.41) is 6.78. The van der Waals surface area contributed by atoms with E-state index in [9.17, 15) is 18.0 Å². The smallest absolute Gasteiger partial charge is 0.263 e. The van der Waals surface area contributed by atoms with Gasteiger partial charge in [-0.05, 0) is 57.2 Å². The van der Waals surface area contributed by atoms with E-state index in [4.69, 9.17) is 4.52 Å². The second-order valence-corrected chi connectivity index (χ2v) is 12.3. The minimum atomic E-state index is -3.96. The second kappa shape index (κ2) is 13.1. The largest absolute Gasteiger partial charge is 0.359 e.